The van der Waals surface area contributed by atoms with E-state index in [0.29, 0.717) is 37.8 Å². The standard InChI is InChI=1S/C38H38ClF3N8O3S/c39-28-26(21-6-7-23(41)34-25(21)22(12-43)35(44)54-34)29(42)33-27-31(28)45-17-46-36(27)50(15-24(53-33)52-16-38-8-2-10-49(38)13-19(40)11-38)20-3-1-9-48(14-20)37(51)32-30(47-32)18-4-5-18/h6-7,15,18-20,30,32,46-47H,1-5,8-11,13-14,16-17,44H2/t19-,20?,30+,32-,38+/m1/s1. The summed E-state index contributed by atoms with van der Waals surface area (Å²) in [5.41, 5.74) is 5.71. The predicted octanol–water partition coefficient (Wildman–Crippen LogP) is 4.03. The molecule has 6 aliphatic heterocycles. The highest BCUT2D eigenvalue weighted by Gasteiger charge is 2.53. The summed E-state index contributed by atoms with van der Waals surface area (Å²) in [5.74, 6) is -0.502. The number of nitrogens with zero attached hydrogens (tertiary/aromatic N) is 5. The van der Waals surface area contributed by atoms with Crippen LogP contribution >= 0.6 is 22.9 Å². The number of alkyl halides is 1. The molecule has 54 heavy (non-hydrogen) atoms. The van der Waals surface area contributed by atoms with Gasteiger partial charge < -0.3 is 30.3 Å². The fraction of sp³-hybridized carbons (Fsp3) is 0.500. The van der Waals surface area contributed by atoms with Crippen molar-refractivity contribution in [1.29, 1.82) is 5.26 Å². The van der Waals surface area contributed by atoms with Crippen LogP contribution in [-0.2, 0) is 9.53 Å². The van der Waals surface area contributed by atoms with E-state index >= 15 is 8.78 Å². The van der Waals surface area contributed by atoms with Gasteiger partial charge in [0.05, 0.1) is 43.6 Å². The van der Waals surface area contributed by atoms with E-state index in [9.17, 15) is 14.4 Å². The molecule has 1 unspecified atom stereocenters. The number of anilines is 1. The Balaban J connectivity index is 1.10. The van der Waals surface area contributed by atoms with Crippen molar-refractivity contribution in [2.45, 2.75) is 74.8 Å². The van der Waals surface area contributed by atoms with E-state index in [1.165, 1.54) is 12.1 Å². The fourth-order valence-electron chi connectivity index (χ4n) is 9.50. The van der Waals surface area contributed by atoms with Gasteiger partial charge in [-0.2, -0.15) is 5.26 Å². The van der Waals surface area contributed by atoms with Crippen molar-refractivity contribution in [1.82, 2.24) is 25.3 Å². The summed E-state index contributed by atoms with van der Waals surface area (Å²) in [6, 6.07) is 4.48. The monoisotopic (exact) mass is 778 g/mol. The minimum atomic E-state index is -0.970. The molecule has 10 rings (SSSR count). The van der Waals surface area contributed by atoms with Crippen LogP contribution in [0.15, 0.2) is 29.3 Å². The zero-order chi connectivity index (χ0) is 37.0. The molecule has 11 nitrogen and oxygen atoms in total. The van der Waals surface area contributed by atoms with Gasteiger partial charge in [0.25, 0.3) is 0 Å². The lowest BCUT2D eigenvalue weighted by atomic mass is 9.95. The highest BCUT2D eigenvalue weighted by molar-refractivity contribution is 7.23. The van der Waals surface area contributed by atoms with Gasteiger partial charge in [-0.3, -0.25) is 20.0 Å². The van der Waals surface area contributed by atoms with Crippen molar-refractivity contribution in [3.63, 3.8) is 0 Å². The lowest BCUT2D eigenvalue weighted by Gasteiger charge is -2.40. The number of nitrogen functional groups attached to an aromatic ring is 1. The number of thiophene rings is 1. The van der Waals surface area contributed by atoms with Crippen molar-refractivity contribution in [3.05, 3.63) is 57.1 Å². The Morgan fingerprint density at radius 1 is 1.22 bits per heavy atom. The molecule has 1 aromatic heterocycles. The highest BCUT2D eigenvalue weighted by Crippen LogP contribution is 2.45. The molecule has 7 aliphatic rings. The van der Waals surface area contributed by atoms with Gasteiger partial charge in [0.2, 0.25) is 5.91 Å². The summed E-state index contributed by atoms with van der Waals surface area (Å²) in [6.45, 7) is 2.41. The Hall–Kier alpha value is -4.23. The molecule has 0 bridgehead atoms. The Labute approximate surface area is 317 Å². The Bertz CT molecular complexity index is 2330. The van der Waals surface area contributed by atoms with Crippen LogP contribution in [0.2, 0.25) is 5.02 Å². The van der Waals surface area contributed by atoms with Crippen LogP contribution in [0.25, 0.3) is 27.0 Å². The molecule has 5 atom stereocenters. The Kier molecular flexibility index (Phi) is 8.03. The maximum atomic E-state index is 17.5. The first kappa shape index (κ1) is 34.3. The van der Waals surface area contributed by atoms with E-state index in [2.05, 4.69) is 20.5 Å². The first-order chi connectivity index (χ1) is 26.2. The van der Waals surface area contributed by atoms with E-state index < -0.39 is 23.3 Å². The first-order valence-corrected chi connectivity index (χ1v) is 19.8. The molecule has 1 saturated carbocycles. The number of nitriles is 1. The fourth-order valence-corrected chi connectivity index (χ4v) is 10.8. The number of piperidine rings is 1. The Morgan fingerprint density at radius 2 is 2.07 bits per heavy atom. The number of carbonyl (C=O) groups excluding carboxylic acids is 1. The number of halogens is 4. The molecule has 4 saturated heterocycles. The van der Waals surface area contributed by atoms with Gasteiger partial charge in [-0.05, 0) is 62.6 Å². The topological polar surface area (TPSA) is 141 Å². The van der Waals surface area contributed by atoms with E-state index in [1.807, 2.05) is 15.9 Å². The molecule has 1 amide bonds. The van der Waals surface area contributed by atoms with Crippen LogP contribution in [-0.4, -0.2) is 89.9 Å². The summed E-state index contributed by atoms with van der Waals surface area (Å²) in [5, 5.41) is 17.5. The van der Waals surface area contributed by atoms with Gasteiger partial charge in [0.15, 0.2) is 11.6 Å². The number of fused-ring (bicyclic) bond motifs is 2. The summed E-state index contributed by atoms with van der Waals surface area (Å²) in [6.07, 6.45) is 6.53. The van der Waals surface area contributed by atoms with Crippen molar-refractivity contribution < 1.29 is 27.4 Å². The molecule has 2 aromatic carbocycles. The number of hydrogen-bond acceptors (Lipinski definition) is 11. The van der Waals surface area contributed by atoms with Gasteiger partial charge in [0.1, 0.15) is 48.2 Å². The van der Waals surface area contributed by atoms with Gasteiger partial charge in [-0.25, -0.2) is 13.2 Å². The van der Waals surface area contributed by atoms with Crippen LogP contribution in [0, 0.1) is 28.9 Å². The average Bonchev–Trinajstić information content (AvgIpc) is 4.07. The van der Waals surface area contributed by atoms with Gasteiger partial charge in [0, 0.05) is 43.0 Å². The molecule has 0 spiro atoms. The summed E-state index contributed by atoms with van der Waals surface area (Å²) < 4.78 is 60.4. The molecular weight excluding hydrogens is 741 g/mol. The maximum Gasteiger partial charge on any atom is 0.302 e. The number of carbonyl (C=O) groups is 1. The number of nitrogens with two attached hydrogens (primary N) is 1. The van der Waals surface area contributed by atoms with Crippen molar-refractivity contribution >= 4 is 49.8 Å². The molecule has 0 radical (unpaired) electrons. The zero-order valence-corrected chi connectivity index (χ0v) is 30.8. The summed E-state index contributed by atoms with van der Waals surface area (Å²) in [7, 11) is 0. The Morgan fingerprint density at radius 3 is 2.89 bits per heavy atom. The smallest absolute Gasteiger partial charge is 0.302 e. The number of nitrogens with one attached hydrogen (secondary N) is 2. The number of rotatable bonds is 7. The molecule has 16 heteroatoms. The second kappa shape index (κ2) is 12.7. The number of ether oxygens (including phenoxy) is 2. The lowest BCUT2D eigenvalue weighted by molar-refractivity contribution is -0.132. The van der Waals surface area contributed by atoms with Gasteiger partial charge in [-0.15, -0.1) is 11.3 Å². The molecule has 5 fully saturated rings. The average molecular weight is 779 g/mol. The minimum absolute atomic E-state index is 0.000502. The molecule has 4 N–H and O–H groups in total. The number of benzene rings is 2. The largest absolute Gasteiger partial charge is 0.462 e. The molecule has 3 aromatic rings. The van der Waals surface area contributed by atoms with E-state index in [-0.39, 0.29) is 96.4 Å². The summed E-state index contributed by atoms with van der Waals surface area (Å²) >= 11 is 8.03. The molecular formula is C38H38ClF3N8O3S. The van der Waals surface area contributed by atoms with Crippen LogP contribution in [0.3, 0.4) is 0 Å². The second-order valence-electron chi connectivity index (χ2n) is 15.6. The van der Waals surface area contributed by atoms with Crippen LogP contribution < -0.4 is 31.7 Å². The number of likely N-dealkylation sites (tertiary alicyclic amines) is 1. The molecule has 1 aliphatic carbocycles. The molecule has 7 heterocycles. The quantitative estimate of drug-likeness (QED) is 0.304. The van der Waals surface area contributed by atoms with E-state index in [0.717, 1.165) is 56.4 Å². The second-order valence-corrected chi connectivity index (χ2v) is 17.0. The normalized spacial score (nSPS) is 28.7. The number of hydrogen-bond donors (Lipinski definition) is 3. The van der Waals surface area contributed by atoms with Crippen LogP contribution in [0.1, 0.15) is 50.5 Å². The van der Waals surface area contributed by atoms with Crippen molar-refractivity contribution in [2.24, 2.45) is 10.9 Å². The van der Waals surface area contributed by atoms with E-state index in [1.54, 1.807) is 6.20 Å². The van der Waals surface area contributed by atoms with Crippen molar-refractivity contribution in [3.8, 4) is 22.9 Å². The first-order valence-electron chi connectivity index (χ1n) is 18.6. The van der Waals surface area contributed by atoms with Crippen LogP contribution in [0.4, 0.5) is 18.2 Å². The third-order valence-corrected chi connectivity index (χ3v) is 13.7. The summed E-state index contributed by atoms with van der Waals surface area (Å²) in [4.78, 5) is 24.4. The van der Waals surface area contributed by atoms with Crippen LogP contribution in [0.5, 0.6) is 5.75 Å². The van der Waals surface area contributed by atoms with Gasteiger partial charge >= 0.3 is 5.95 Å². The highest BCUT2D eigenvalue weighted by atomic mass is 35.5. The third kappa shape index (κ3) is 5.35. The minimum Gasteiger partial charge on any atom is -0.462 e. The molecule has 282 valence electrons. The lowest BCUT2D eigenvalue weighted by Crippen LogP contribution is -2.53. The van der Waals surface area contributed by atoms with Crippen molar-refractivity contribution in [2.75, 3.05) is 45.2 Å². The van der Waals surface area contributed by atoms with Gasteiger partial charge in [-0.1, -0.05) is 17.7 Å². The maximum absolute atomic E-state index is 17.5. The third-order valence-electron chi connectivity index (χ3n) is 12.3. The zero-order valence-electron chi connectivity index (χ0n) is 29.3. The predicted molar refractivity (Wildman–Crippen MR) is 196 cm³/mol. The van der Waals surface area contributed by atoms with E-state index in [4.69, 9.17) is 26.8 Å². The SMILES string of the molecule is N#Cc1c(N)sc2c(F)ccc(-c3c(F)c4c5c(c3Cl)=NCNC=5N(C3CCCN(C(=O)[C@@H]5N[C@H]5C5CC5)C3)C=C(OC[C@@]35CCCN3C[C@H](F)C5)O4)c12. The number of amides is 1.